The number of carbonyl (C=O) groups excluding carboxylic acids is 1. The Morgan fingerprint density at radius 1 is 1.39 bits per heavy atom. The van der Waals surface area contributed by atoms with E-state index in [0.29, 0.717) is 23.0 Å². The predicted octanol–water partition coefficient (Wildman–Crippen LogP) is 4.71. The molecular weight excluding hydrogens is 240 g/mol. The Morgan fingerprint density at radius 2 is 2.17 bits per heavy atom. The van der Waals surface area contributed by atoms with Crippen molar-refractivity contribution in [2.24, 2.45) is 17.3 Å². The molecule has 1 aromatic heterocycles. The topological polar surface area (TPSA) is 17.1 Å². The Labute approximate surface area is 115 Å². The van der Waals surface area contributed by atoms with Crippen LogP contribution in [0.5, 0.6) is 0 Å². The lowest BCUT2D eigenvalue weighted by Crippen LogP contribution is -2.32. The summed E-state index contributed by atoms with van der Waals surface area (Å²) in [5.41, 5.74) is 1.74. The van der Waals surface area contributed by atoms with Crippen molar-refractivity contribution in [3.63, 3.8) is 0 Å². The van der Waals surface area contributed by atoms with Gasteiger partial charge in [-0.05, 0) is 59.4 Å². The van der Waals surface area contributed by atoms with Crippen molar-refractivity contribution in [2.75, 3.05) is 0 Å². The van der Waals surface area contributed by atoms with E-state index >= 15 is 0 Å². The number of rotatable bonds is 3. The zero-order chi connectivity index (χ0) is 13.2. The smallest absolute Gasteiger partial charge is 0.136 e. The van der Waals surface area contributed by atoms with Crippen molar-refractivity contribution in [1.29, 1.82) is 0 Å². The van der Waals surface area contributed by atoms with E-state index in [1.165, 1.54) is 5.56 Å². The number of thiophene rings is 1. The molecule has 2 unspecified atom stereocenters. The van der Waals surface area contributed by atoms with Gasteiger partial charge in [-0.1, -0.05) is 20.8 Å². The first-order chi connectivity index (χ1) is 8.47. The van der Waals surface area contributed by atoms with Crippen LogP contribution in [-0.4, -0.2) is 5.78 Å². The highest BCUT2D eigenvalue weighted by Crippen LogP contribution is 2.40. The van der Waals surface area contributed by atoms with Crippen LogP contribution in [0.3, 0.4) is 0 Å². The maximum absolute atomic E-state index is 12.0. The highest BCUT2D eigenvalue weighted by molar-refractivity contribution is 7.07. The molecule has 2 atom stereocenters. The van der Waals surface area contributed by atoms with Crippen molar-refractivity contribution in [3.8, 4) is 0 Å². The monoisotopic (exact) mass is 264 g/mol. The number of hydrogen-bond acceptors (Lipinski definition) is 2. The maximum Gasteiger partial charge on any atom is 0.136 e. The lowest BCUT2D eigenvalue weighted by atomic mass is 9.68. The molecule has 0 amide bonds. The summed E-state index contributed by atoms with van der Waals surface area (Å²) in [6.45, 7) is 6.93. The number of ketones is 1. The van der Waals surface area contributed by atoms with Gasteiger partial charge in [0.1, 0.15) is 5.78 Å². The molecule has 1 heterocycles. The molecule has 0 N–H and O–H groups in total. The van der Waals surface area contributed by atoms with Gasteiger partial charge in [0.05, 0.1) is 0 Å². The lowest BCUT2D eigenvalue weighted by molar-refractivity contribution is -0.126. The SMILES string of the molecule is CC(C)(C)C1CCC(=O)C(CCc2ccsc2)C1. The fourth-order valence-electron chi connectivity index (χ4n) is 2.95. The molecule has 1 aromatic rings. The standard InChI is InChI=1S/C16H24OS/c1-16(2,3)14-6-7-15(17)13(10-14)5-4-12-8-9-18-11-12/h8-9,11,13-14H,4-7,10H2,1-3H3. The zero-order valence-corrected chi connectivity index (χ0v) is 12.6. The van der Waals surface area contributed by atoms with Crippen LogP contribution in [0, 0.1) is 17.3 Å². The third kappa shape index (κ3) is 3.44. The first kappa shape index (κ1) is 13.8. The second kappa shape index (κ2) is 5.56. The van der Waals surface area contributed by atoms with Crippen LogP contribution < -0.4 is 0 Å². The third-order valence-electron chi connectivity index (χ3n) is 4.35. The van der Waals surface area contributed by atoms with E-state index in [1.807, 2.05) is 0 Å². The molecule has 1 nitrogen and oxygen atoms in total. The second-order valence-corrected chi connectivity index (χ2v) is 7.45. The van der Waals surface area contributed by atoms with Crippen LogP contribution in [-0.2, 0) is 11.2 Å². The molecule has 0 spiro atoms. The molecule has 0 bridgehead atoms. The Kier molecular flexibility index (Phi) is 4.26. The van der Waals surface area contributed by atoms with Crippen LogP contribution >= 0.6 is 11.3 Å². The summed E-state index contributed by atoms with van der Waals surface area (Å²) < 4.78 is 0. The highest BCUT2D eigenvalue weighted by atomic mass is 32.1. The summed E-state index contributed by atoms with van der Waals surface area (Å²) >= 11 is 1.75. The third-order valence-corrected chi connectivity index (χ3v) is 5.08. The lowest BCUT2D eigenvalue weighted by Gasteiger charge is -2.37. The summed E-state index contributed by atoms with van der Waals surface area (Å²) in [4.78, 5) is 12.0. The van der Waals surface area contributed by atoms with Gasteiger partial charge < -0.3 is 0 Å². The van der Waals surface area contributed by atoms with Gasteiger partial charge in [-0.2, -0.15) is 11.3 Å². The summed E-state index contributed by atoms with van der Waals surface area (Å²) in [6.07, 6.45) is 5.11. The number of carbonyl (C=O) groups is 1. The Hall–Kier alpha value is -0.630. The number of aryl methyl sites for hydroxylation is 1. The van der Waals surface area contributed by atoms with E-state index in [1.54, 1.807) is 11.3 Å². The Bertz CT molecular complexity index is 386. The minimum Gasteiger partial charge on any atom is -0.299 e. The molecule has 1 saturated carbocycles. The molecule has 0 radical (unpaired) electrons. The average Bonchev–Trinajstić information content (AvgIpc) is 2.79. The highest BCUT2D eigenvalue weighted by Gasteiger charge is 2.34. The summed E-state index contributed by atoms with van der Waals surface area (Å²) in [6, 6.07) is 2.18. The zero-order valence-electron chi connectivity index (χ0n) is 11.7. The molecule has 18 heavy (non-hydrogen) atoms. The maximum atomic E-state index is 12.0. The first-order valence-electron chi connectivity index (χ1n) is 7.00. The van der Waals surface area contributed by atoms with Crippen molar-refractivity contribution in [2.45, 2.75) is 52.9 Å². The van der Waals surface area contributed by atoms with Crippen molar-refractivity contribution in [3.05, 3.63) is 22.4 Å². The molecule has 0 saturated heterocycles. The Morgan fingerprint density at radius 3 is 2.78 bits per heavy atom. The van der Waals surface area contributed by atoms with Gasteiger partial charge in [0, 0.05) is 12.3 Å². The van der Waals surface area contributed by atoms with Crippen molar-refractivity contribution < 1.29 is 4.79 Å². The summed E-state index contributed by atoms with van der Waals surface area (Å²) in [5.74, 6) is 1.52. The molecule has 1 fully saturated rings. The van der Waals surface area contributed by atoms with Crippen molar-refractivity contribution >= 4 is 17.1 Å². The van der Waals surface area contributed by atoms with E-state index in [-0.39, 0.29) is 0 Å². The largest absolute Gasteiger partial charge is 0.299 e. The van der Waals surface area contributed by atoms with E-state index < -0.39 is 0 Å². The van der Waals surface area contributed by atoms with Gasteiger partial charge in [-0.25, -0.2) is 0 Å². The minimum absolute atomic E-state index is 0.308. The van der Waals surface area contributed by atoms with Crippen LogP contribution in [0.25, 0.3) is 0 Å². The van der Waals surface area contributed by atoms with Gasteiger partial charge in [0.15, 0.2) is 0 Å². The van der Waals surface area contributed by atoms with Crippen LogP contribution in [0.15, 0.2) is 16.8 Å². The van der Waals surface area contributed by atoms with E-state index in [2.05, 4.69) is 37.6 Å². The molecular formula is C16H24OS. The molecule has 2 heteroatoms. The van der Waals surface area contributed by atoms with Gasteiger partial charge in [-0.3, -0.25) is 4.79 Å². The minimum atomic E-state index is 0.308. The van der Waals surface area contributed by atoms with Gasteiger partial charge in [0.2, 0.25) is 0 Å². The molecule has 1 aliphatic carbocycles. The molecule has 0 aliphatic heterocycles. The van der Waals surface area contributed by atoms with Crippen molar-refractivity contribution in [1.82, 2.24) is 0 Å². The van der Waals surface area contributed by atoms with Gasteiger partial charge in [0.25, 0.3) is 0 Å². The molecule has 2 rings (SSSR count). The van der Waals surface area contributed by atoms with Gasteiger partial charge >= 0.3 is 0 Å². The quantitative estimate of drug-likeness (QED) is 0.772. The van der Waals surface area contributed by atoms with Crippen LogP contribution in [0.1, 0.15) is 52.0 Å². The van der Waals surface area contributed by atoms with E-state index in [9.17, 15) is 4.79 Å². The molecule has 1 aliphatic rings. The Balaban J connectivity index is 1.91. The first-order valence-corrected chi connectivity index (χ1v) is 7.95. The van der Waals surface area contributed by atoms with Gasteiger partial charge in [-0.15, -0.1) is 0 Å². The predicted molar refractivity (Wildman–Crippen MR) is 77.9 cm³/mol. The molecule has 100 valence electrons. The van der Waals surface area contributed by atoms with E-state index in [0.717, 1.165) is 32.1 Å². The van der Waals surface area contributed by atoms with Crippen LogP contribution in [0.4, 0.5) is 0 Å². The fraction of sp³-hybridized carbons (Fsp3) is 0.688. The van der Waals surface area contributed by atoms with E-state index in [4.69, 9.17) is 0 Å². The number of Topliss-reactive ketones (excluding diaryl/α,β-unsaturated/α-hetero) is 1. The summed E-state index contributed by atoms with van der Waals surface area (Å²) in [7, 11) is 0. The second-order valence-electron chi connectivity index (χ2n) is 6.67. The summed E-state index contributed by atoms with van der Waals surface area (Å²) in [5, 5.41) is 4.32. The average molecular weight is 264 g/mol. The molecule has 0 aromatic carbocycles. The number of hydrogen-bond donors (Lipinski definition) is 0. The normalized spacial score (nSPS) is 25.4. The van der Waals surface area contributed by atoms with Crippen LogP contribution in [0.2, 0.25) is 0 Å². The fourth-order valence-corrected chi connectivity index (χ4v) is 3.66.